The van der Waals surface area contributed by atoms with E-state index in [1.165, 1.54) is 0 Å². The monoisotopic (exact) mass is 263 g/mol. The smallest absolute Gasteiger partial charge is 1.00 e. The Morgan fingerprint density at radius 3 is 2.33 bits per heavy atom. The molecule has 0 amide bonds. The van der Waals surface area contributed by atoms with Gasteiger partial charge < -0.3 is 40.6 Å². The van der Waals surface area contributed by atoms with Crippen LogP contribution in [-0.2, 0) is 17.1 Å². The third-order valence-electron chi connectivity index (χ3n) is 1.60. The molecule has 1 radical (unpaired) electrons. The molecule has 1 rings (SSSR count). The van der Waals surface area contributed by atoms with E-state index in [1.807, 2.05) is 0 Å². The minimum Gasteiger partial charge on any atom is -1.00 e. The molecule has 0 saturated carbocycles. The first-order valence-corrected chi connectivity index (χ1v) is 3.48. The molecule has 0 aromatic rings. The van der Waals surface area contributed by atoms with Gasteiger partial charge in [-0.3, -0.25) is 0 Å². The van der Waals surface area contributed by atoms with E-state index < -0.39 is 0 Å². The topological polar surface area (TPSA) is 44.3 Å². The van der Waals surface area contributed by atoms with Gasteiger partial charge in [0.2, 0.25) is 0 Å². The molecule has 0 aromatic heterocycles. The molecular weight excluding hydrogens is 251 g/mol. The number of rotatable bonds is 2. The maximum absolute atomic E-state index is 8.55. The number of nitrogens with one attached hydrogen (secondary N) is 2. The zero-order chi connectivity index (χ0) is 6.53. The van der Waals surface area contributed by atoms with Crippen molar-refractivity contribution < 1.29 is 47.0 Å². The fourth-order valence-corrected chi connectivity index (χ4v) is 1.07. The first-order valence-electron chi connectivity index (χ1n) is 3.48. The van der Waals surface area contributed by atoms with E-state index in [2.05, 4.69) is 10.6 Å². The van der Waals surface area contributed by atoms with Crippen LogP contribution >= 0.6 is 0 Å². The van der Waals surface area contributed by atoms with Crippen LogP contribution < -0.4 is 35.4 Å². The van der Waals surface area contributed by atoms with Crippen LogP contribution in [-0.4, -0.2) is 37.4 Å². The van der Waals surface area contributed by atoms with Crippen molar-refractivity contribution in [2.45, 2.75) is 12.5 Å². The Hall–Kier alpha value is 0.979. The summed E-state index contributed by atoms with van der Waals surface area (Å²) in [6.45, 7) is 3.38. The van der Waals surface area contributed by atoms with Crippen LogP contribution in [0, 0.1) is 0 Å². The second kappa shape index (κ2) is 12.0. The van der Waals surface area contributed by atoms with Crippen LogP contribution in [0.5, 0.6) is 0 Å². The minimum atomic E-state index is 0. The Balaban J connectivity index is -0.000000270. The number of halogens is 2. The van der Waals surface area contributed by atoms with Crippen molar-refractivity contribution in [3.05, 3.63) is 0 Å². The Morgan fingerprint density at radius 1 is 1.25 bits per heavy atom. The molecule has 0 spiro atoms. The van der Waals surface area contributed by atoms with Gasteiger partial charge in [-0.25, -0.2) is 0 Å². The SMILES string of the molecule is OCCC1CNCCN1.[Cl-].[Cl-].[Cu+2]. The molecule has 1 aliphatic heterocycles. The quantitative estimate of drug-likeness (QED) is 0.435. The summed E-state index contributed by atoms with van der Waals surface area (Å²) in [4.78, 5) is 0. The molecule has 12 heavy (non-hydrogen) atoms. The Morgan fingerprint density at radius 2 is 1.92 bits per heavy atom. The molecule has 79 valence electrons. The second-order valence-corrected chi connectivity index (χ2v) is 2.37. The van der Waals surface area contributed by atoms with Crippen molar-refractivity contribution in [1.82, 2.24) is 10.6 Å². The summed E-state index contributed by atoms with van der Waals surface area (Å²) in [5.41, 5.74) is 0. The molecule has 3 N–H and O–H groups in total. The van der Waals surface area contributed by atoms with Crippen LogP contribution in [0.1, 0.15) is 6.42 Å². The largest absolute Gasteiger partial charge is 2.00 e. The van der Waals surface area contributed by atoms with E-state index in [4.69, 9.17) is 5.11 Å². The Labute approximate surface area is 96.4 Å². The molecular formula is C6H14Cl2CuN2O. The van der Waals surface area contributed by atoms with E-state index in [-0.39, 0.29) is 41.9 Å². The van der Waals surface area contributed by atoms with Crippen LogP contribution in [0.25, 0.3) is 0 Å². The summed E-state index contributed by atoms with van der Waals surface area (Å²) < 4.78 is 0. The fourth-order valence-electron chi connectivity index (χ4n) is 1.07. The number of hydrogen-bond acceptors (Lipinski definition) is 3. The third kappa shape index (κ3) is 7.62. The fraction of sp³-hybridized carbons (Fsp3) is 1.00. The number of hydrogen-bond donors (Lipinski definition) is 3. The van der Waals surface area contributed by atoms with Crippen molar-refractivity contribution in [2.75, 3.05) is 26.2 Å². The van der Waals surface area contributed by atoms with Crippen molar-refractivity contribution in [2.24, 2.45) is 0 Å². The summed E-state index contributed by atoms with van der Waals surface area (Å²) in [7, 11) is 0. The maximum Gasteiger partial charge on any atom is 2.00 e. The van der Waals surface area contributed by atoms with Gasteiger partial charge in [0, 0.05) is 32.3 Å². The van der Waals surface area contributed by atoms with Gasteiger partial charge in [-0.15, -0.1) is 0 Å². The van der Waals surface area contributed by atoms with Crippen LogP contribution in [0.2, 0.25) is 0 Å². The summed E-state index contributed by atoms with van der Waals surface area (Å²) in [6, 6.07) is 0.490. The van der Waals surface area contributed by atoms with Gasteiger partial charge >= 0.3 is 17.1 Å². The molecule has 6 heteroatoms. The minimum absolute atomic E-state index is 0. The van der Waals surface area contributed by atoms with Gasteiger partial charge in [0.15, 0.2) is 0 Å². The molecule has 1 fully saturated rings. The molecule has 0 aromatic carbocycles. The zero-order valence-corrected chi connectivity index (χ0v) is 9.07. The van der Waals surface area contributed by atoms with Crippen LogP contribution in [0.4, 0.5) is 0 Å². The molecule has 1 saturated heterocycles. The standard InChI is InChI=1S/C6H14N2O.2ClH.Cu/c9-4-1-6-5-7-2-3-8-6;;;/h6-9H,1-5H2;2*1H;/q;;;+2/p-2. The van der Waals surface area contributed by atoms with Crippen molar-refractivity contribution >= 4 is 0 Å². The molecule has 0 aliphatic carbocycles. The van der Waals surface area contributed by atoms with E-state index in [1.54, 1.807) is 0 Å². The van der Waals surface area contributed by atoms with Crippen LogP contribution in [0.3, 0.4) is 0 Å². The molecule has 1 atom stereocenters. The van der Waals surface area contributed by atoms with Crippen molar-refractivity contribution in [3.8, 4) is 0 Å². The van der Waals surface area contributed by atoms with Gasteiger partial charge in [-0.1, -0.05) is 0 Å². The Bertz CT molecular complexity index is 81.2. The number of aliphatic hydroxyl groups is 1. The van der Waals surface area contributed by atoms with E-state index in [0.717, 1.165) is 26.1 Å². The molecule has 1 aliphatic rings. The predicted molar refractivity (Wildman–Crippen MR) is 36.4 cm³/mol. The first-order chi connectivity index (χ1) is 4.43. The van der Waals surface area contributed by atoms with Gasteiger partial charge in [-0.2, -0.15) is 0 Å². The van der Waals surface area contributed by atoms with Crippen LogP contribution in [0.15, 0.2) is 0 Å². The third-order valence-corrected chi connectivity index (χ3v) is 1.60. The predicted octanol–water partition coefficient (Wildman–Crippen LogP) is -7.06. The second-order valence-electron chi connectivity index (χ2n) is 2.37. The molecule has 1 unspecified atom stereocenters. The maximum atomic E-state index is 8.55. The van der Waals surface area contributed by atoms with Crippen molar-refractivity contribution in [3.63, 3.8) is 0 Å². The van der Waals surface area contributed by atoms with E-state index in [0.29, 0.717) is 12.6 Å². The first kappa shape index (κ1) is 18.7. The summed E-state index contributed by atoms with van der Waals surface area (Å²) in [5, 5.41) is 15.1. The Kier molecular flexibility index (Phi) is 18.7. The molecule has 1 heterocycles. The van der Waals surface area contributed by atoms with Gasteiger partial charge in [0.05, 0.1) is 0 Å². The van der Waals surface area contributed by atoms with Gasteiger partial charge in [-0.05, 0) is 6.42 Å². The van der Waals surface area contributed by atoms with Gasteiger partial charge in [0.1, 0.15) is 0 Å². The summed E-state index contributed by atoms with van der Waals surface area (Å²) in [5.74, 6) is 0. The van der Waals surface area contributed by atoms with E-state index >= 15 is 0 Å². The molecule has 0 bridgehead atoms. The number of piperazine rings is 1. The number of aliphatic hydroxyl groups excluding tert-OH is 1. The van der Waals surface area contributed by atoms with Crippen molar-refractivity contribution in [1.29, 1.82) is 0 Å². The zero-order valence-electron chi connectivity index (χ0n) is 6.62. The van der Waals surface area contributed by atoms with E-state index in [9.17, 15) is 0 Å². The average molecular weight is 265 g/mol. The molecule has 3 nitrogen and oxygen atoms in total. The summed E-state index contributed by atoms with van der Waals surface area (Å²) in [6.07, 6.45) is 0.868. The normalized spacial score (nSPS) is 21.2. The summed E-state index contributed by atoms with van der Waals surface area (Å²) >= 11 is 0. The average Bonchev–Trinajstić information content (AvgIpc) is 1.91. The van der Waals surface area contributed by atoms with Gasteiger partial charge in [0.25, 0.3) is 0 Å².